The third kappa shape index (κ3) is 1.09. The molecule has 0 N–H and O–H groups in total. The fourth-order valence-electron chi connectivity index (χ4n) is 1.96. The van der Waals surface area contributed by atoms with Gasteiger partial charge in [-0.15, -0.1) is 0 Å². The smallest absolute Gasteiger partial charge is 0.271 e. The van der Waals surface area contributed by atoms with Crippen LogP contribution in [0, 0.1) is 5.41 Å². The Labute approximate surface area is 91.0 Å². The Bertz CT molecular complexity index is 428. The zero-order valence-electron chi connectivity index (χ0n) is 7.69. The second kappa shape index (κ2) is 2.78. The van der Waals surface area contributed by atoms with Crippen LogP contribution in [-0.2, 0) is 4.74 Å². The Morgan fingerprint density at radius 3 is 1.44 bits per heavy atom. The number of fused-ring (bicyclic) bond motifs is 1. The van der Waals surface area contributed by atoms with E-state index in [-0.39, 0.29) is 0 Å². The summed E-state index contributed by atoms with van der Waals surface area (Å²) < 4.78 is 127. The topological polar surface area (TPSA) is 9.23 Å². The molecule has 1 aliphatic heterocycles. The van der Waals surface area contributed by atoms with Crippen molar-refractivity contribution in [2.75, 3.05) is 0 Å². The van der Waals surface area contributed by atoms with E-state index in [1.54, 1.807) is 0 Å². The van der Waals surface area contributed by atoms with Gasteiger partial charge in [-0.05, 0) is 0 Å². The summed E-state index contributed by atoms with van der Waals surface area (Å²) in [7, 11) is 0. The van der Waals surface area contributed by atoms with Gasteiger partial charge in [-0.2, -0.15) is 35.1 Å². The van der Waals surface area contributed by atoms with E-state index >= 15 is 0 Å². The molecule has 0 saturated heterocycles. The first-order valence-electron chi connectivity index (χ1n) is 4.05. The van der Waals surface area contributed by atoms with Crippen molar-refractivity contribution in [2.24, 2.45) is 5.41 Å². The van der Waals surface area contributed by atoms with Crippen LogP contribution in [0.3, 0.4) is 0 Å². The summed E-state index contributed by atoms with van der Waals surface area (Å²) in [5, 5.41) is 0. The summed E-state index contributed by atoms with van der Waals surface area (Å²) in [6.45, 7) is 0. The maximum atomic E-state index is 13.3. The highest BCUT2D eigenvalue weighted by Crippen LogP contribution is 2.83. The second-order valence-electron chi connectivity index (χ2n) is 3.65. The minimum atomic E-state index is -6.36. The number of rotatable bonds is 0. The lowest BCUT2D eigenvalue weighted by molar-refractivity contribution is -0.366. The SMILES string of the molecule is FC1=C2C(F)(OC1(F)F)C2(C(F)(F)F)C(F)(F)F. The lowest BCUT2D eigenvalue weighted by atomic mass is 10.0. The minimum absolute atomic E-state index is 2.70. The third-order valence-corrected chi connectivity index (χ3v) is 2.71. The summed E-state index contributed by atoms with van der Waals surface area (Å²) in [4.78, 5) is 0. The molecule has 0 amide bonds. The van der Waals surface area contributed by atoms with Gasteiger partial charge in [0, 0.05) is 0 Å². The molecule has 0 spiro atoms. The standard InChI is InChI=1S/C7F10O/c8-2-1-3(6(12,13)14,7(15,16)17)4(1,9)18-5(2,10)11. The van der Waals surface area contributed by atoms with E-state index in [0.717, 1.165) is 0 Å². The van der Waals surface area contributed by atoms with Crippen LogP contribution < -0.4 is 0 Å². The molecule has 1 atom stereocenters. The van der Waals surface area contributed by atoms with Gasteiger partial charge in [0.1, 0.15) is 0 Å². The van der Waals surface area contributed by atoms with Crippen molar-refractivity contribution in [1.29, 1.82) is 0 Å². The number of hydrogen-bond acceptors (Lipinski definition) is 1. The number of hydrogen-bond donors (Lipinski definition) is 0. The maximum absolute atomic E-state index is 13.3. The molecule has 104 valence electrons. The van der Waals surface area contributed by atoms with Crippen LogP contribution in [0.15, 0.2) is 11.4 Å². The van der Waals surface area contributed by atoms with E-state index < -0.39 is 41.1 Å². The molecule has 0 radical (unpaired) electrons. The van der Waals surface area contributed by atoms with Crippen molar-refractivity contribution in [3.8, 4) is 0 Å². The molecule has 1 nitrogen and oxygen atoms in total. The van der Waals surface area contributed by atoms with Crippen LogP contribution in [0.2, 0.25) is 0 Å². The van der Waals surface area contributed by atoms with Crippen LogP contribution >= 0.6 is 0 Å². The summed E-state index contributed by atoms with van der Waals surface area (Å²) in [5.74, 6) is -8.14. The normalized spacial score (nSPS) is 33.7. The van der Waals surface area contributed by atoms with Crippen LogP contribution in [0.1, 0.15) is 0 Å². The van der Waals surface area contributed by atoms with Gasteiger partial charge in [-0.3, -0.25) is 4.74 Å². The van der Waals surface area contributed by atoms with Crippen LogP contribution in [0.5, 0.6) is 0 Å². The molecule has 0 aromatic carbocycles. The van der Waals surface area contributed by atoms with E-state index in [1.165, 1.54) is 0 Å². The predicted molar refractivity (Wildman–Crippen MR) is 32.5 cm³/mol. The Balaban J connectivity index is 2.70. The van der Waals surface area contributed by atoms with Crippen molar-refractivity contribution in [3.05, 3.63) is 11.4 Å². The lowest BCUT2D eigenvalue weighted by Gasteiger charge is -2.27. The van der Waals surface area contributed by atoms with Crippen molar-refractivity contribution in [2.45, 2.75) is 24.3 Å². The van der Waals surface area contributed by atoms with Crippen molar-refractivity contribution in [1.82, 2.24) is 0 Å². The summed E-state index contributed by atoms with van der Waals surface area (Å²) in [6, 6.07) is 0. The number of ether oxygens (including phenoxy) is 1. The third-order valence-electron chi connectivity index (χ3n) is 2.71. The summed E-state index contributed by atoms with van der Waals surface area (Å²) in [5.41, 5.74) is -8.13. The molecule has 1 heterocycles. The van der Waals surface area contributed by atoms with E-state index in [2.05, 4.69) is 4.74 Å². The molecular formula is C7F10O. The minimum Gasteiger partial charge on any atom is -0.271 e. The molecule has 18 heavy (non-hydrogen) atoms. The van der Waals surface area contributed by atoms with Gasteiger partial charge < -0.3 is 0 Å². The van der Waals surface area contributed by atoms with Gasteiger partial charge in [0.25, 0.3) is 11.3 Å². The quantitative estimate of drug-likeness (QED) is 0.619. The predicted octanol–water partition coefficient (Wildman–Crippen LogP) is 3.62. The Morgan fingerprint density at radius 1 is 0.833 bits per heavy atom. The molecule has 1 aliphatic carbocycles. The van der Waals surface area contributed by atoms with E-state index in [0.29, 0.717) is 0 Å². The first-order valence-corrected chi connectivity index (χ1v) is 4.05. The number of halogens is 10. The fraction of sp³-hybridized carbons (Fsp3) is 0.714. The molecule has 1 fully saturated rings. The Morgan fingerprint density at radius 2 is 1.22 bits per heavy atom. The van der Waals surface area contributed by atoms with Gasteiger partial charge in [-0.1, -0.05) is 0 Å². The fourth-order valence-corrected chi connectivity index (χ4v) is 1.96. The van der Waals surface area contributed by atoms with Crippen molar-refractivity contribution >= 4 is 0 Å². The molecule has 0 bridgehead atoms. The molecule has 2 aliphatic rings. The monoisotopic (exact) mass is 290 g/mol. The van der Waals surface area contributed by atoms with Gasteiger partial charge >= 0.3 is 18.5 Å². The van der Waals surface area contributed by atoms with E-state index in [9.17, 15) is 43.9 Å². The van der Waals surface area contributed by atoms with Gasteiger partial charge in [-0.25, -0.2) is 8.78 Å². The maximum Gasteiger partial charge on any atom is 0.413 e. The Kier molecular flexibility index (Phi) is 2.07. The molecule has 0 aromatic rings. The lowest BCUT2D eigenvalue weighted by Crippen LogP contribution is -2.47. The molecule has 0 aromatic heterocycles. The zero-order valence-corrected chi connectivity index (χ0v) is 7.69. The van der Waals surface area contributed by atoms with Gasteiger partial charge in [0.05, 0.1) is 5.57 Å². The highest BCUT2D eigenvalue weighted by Gasteiger charge is 3.03. The molecule has 1 unspecified atom stereocenters. The second-order valence-corrected chi connectivity index (χ2v) is 3.65. The highest BCUT2D eigenvalue weighted by molar-refractivity contribution is 5.56. The van der Waals surface area contributed by atoms with Gasteiger partial charge in [0.2, 0.25) is 5.83 Å². The molecule has 11 heteroatoms. The van der Waals surface area contributed by atoms with Crippen molar-refractivity contribution < 1.29 is 48.6 Å². The van der Waals surface area contributed by atoms with Crippen molar-refractivity contribution in [3.63, 3.8) is 0 Å². The highest BCUT2D eigenvalue weighted by atomic mass is 19.4. The van der Waals surface area contributed by atoms with E-state index in [4.69, 9.17) is 0 Å². The van der Waals surface area contributed by atoms with Crippen LogP contribution in [0.4, 0.5) is 43.9 Å². The number of alkyl halides is 9. The first kappa shape index (κ1) is 13.4. The average Bonchev–Trinajstić information content (AvgIpc) is 2.55. The first-order chi connectivity index (χ1) is 7.73. The largest absolute Gasteiger partial charge is 0.413 e. The summed E-state index contributed by atoms with van der Waals surface area (Å²) in [6.07, 6.45) is -17.9. The zero-order chi connectivity index (χ0) is 14.4. The summed E-state index contributed by atoms with van der Waals surface area (Å²) >= 11 is 0. The Hall–Kier alpha value is -1.00. The average molecular weight is 290 g/mol. The van der Waals surface area contributed by atoms with E-state index in [1.807, 2.05) is 0 Å². The molecule has 2 rings (SSSR count). The van der Waals surface area contributed by atoms with Gasteiger partial charge in [0.15, 0.2) is 0 Å². The molecule has 1 saturated carbocycles. The molecular weight excluding hydrogens is 290 g/mol. The van der Waals surface area contributed by atoms with Crippen LogP contribution in [-0.4, -0.2) is 24.3 Å². The van der Waals surface area contributed by atoms with Crippen LogP contribution in [0.25, 0.3) is 0 Å².